The summed E-state index contributed by atoms with van der Waals surface area (Å²) in [5, 5.41) is 1.85. The average molecular weight is 359 g/mol. The zero-order valence-corrected chi connectivity index (χ0v) is 13.5. The summed E-state index contributed by atoms with van der Waals surface area (Å²) < 4.78 is 13.3. The lowest BCUT2D eigenvalue weighted by Gasteiger charge is -2.24. The van der Waals surface area contributed by atoms with E-state index < -0.39 is 36.1 Å². The van der Waals surface area contributed by atoms with E-state index in [0.717, 1.165) is 6.42 Å². The third kappa shape index (κ3) is 2.59. The predicted molar refractivity (Wildman–Crippen MR) is 85.0 cm³/mol. The van der Waals surface area contributed by atoms with Crippen molar-refractivity contribution in [3.05, 3.63) is 29.8 Å². The molecule has 0 aliphatic carbocycles. The minimum Gasteiger partial charge on any atom is -0.340 e. The Labute approximate surface area is 146 Å². The van der Waals surface area contributed by atoms with E-state index >= 15 is 0 Å². The van der Waals surface area contributed by atoms with Gasteiger partial charge >= 0.3 is 17.8 Å². The second-order valence-electron chi connectivity index (χ2n) is 6.18. The largest absolute Gasteiger partial charge is 0.340 e. The van der Waals surface area contributed by atoms with Crippen molar-refractivity contribution in [1.29, 1.82) is 0 Å². The van der Waals surface area contributed by atoms with Gasteiger partial charge in [-0.2, -0.15) is 0 Å². The molecule has 4 rings (SSSR count). The molecule has 0 bridgehead atoms. The Hall–Kier alpha value is -3.30. The minimum atomic E-state index is -1.04. The Morgan fingerprint density at radius 2 is 2.12 bits per heavy atom. The highest BCUT2D eigenvalue weighted by molar-refractivity contribution is 6.45. The maximum absolute atomic E-state index is 13.3. The summed E-state index contributed by atoms with van der Waals surface area (Å²) in [5.74, 6) is -2.42. The Kier molecular flexibility index (Phi) is 3.67. The zero-order valence-electron chi connectivity index (χ0n) is 13.5. The molecular weight excluding hydrogens is 345 g/mol. The Balaban J connectivity index is 1.55. The van der Waals surface area contributed by atoms with Gasteiger partial charge in [0.1, 0.15) is 18.2 Å². The van der Waals surface area contributed by atoms with Gasteiger partial charge in [0.15, 0.2) is 0 Å². The van der Waals surface area contributed by atoms with Gasteiger partial charge in [0.05, 0.1) is 17.1 Å². The number of imidazole rings is 1. The number of urea groups is 1. The van der Waals surface area contributed by atoms with Crippen molar-refractivity contribution in [2.75, 3.05) is 13.1 Å². The summed E-state index contributed by atoms with van der Waals surface area (Å²) in [6, 6.07) is 2.91. The fourth-order valence-corrected chi connectivity index (χ4v) is 3.31. The number of carbonyl (C=O) groups is 4. The molecule has 0 radical (unpaired) electrons. The molecule has 1 aromatic heterocycles. The SMILES string of the molecule is O=C1NC(=O)N(CC(=O)N2CCCC2c2nc3ccc(F)cc3[nH]2)C1=O. The van der Waals surface area contributed by atoms with Crippen LogP contribution in [0.4, 0.5) is 9.18 Å². The summed E-state index contributed by atoms with van der Waals surface area (Å²) in [5.41, 5.74) is 1.11. The second kappa shape index (κ2) is 5.90. The predicted octanol–water partition coefficient (Wildman–Crippen LogP) is 0.444. The number of imide groups is 2. The Morgan fingerprint density at radius 3 is 2.85 bits per heavy atom. The molecule has 5 amide bonds. The van der Waals surface area contributed by atoms with Crippen molar-refractivity contribution in [2.24, 2.45) is 0 Å². The third-order valence-electron chi connectivity index (χ3n) is 4.55. The highest BCUT2D eigenvalue weighted by atomic mass is 19.1. The maximum Gasteiger partial charge on any atom is 0.332 e. The molecule has 2 aromatic rings. The Morgan fingerprint density at radius 1 is 1.31 bits per heavy atom. The fraction of sp³-hybridized carbons (Fsp3) is 0.312. The van der Waals surface area contributed by atoms with Gasteiger partial charge in [-0.05, 0) is 31.0 Å². The average Bonchev–Trinajstić information content (AvgIpc) is 3.28. The minimum absolute atomic E-state index is 0.366. The molecule has 9 nitrogen and oxygen atoms in total. The first-order valence-corrected chi connectivity index (χ1v) is 8.05. The fourth-order valence-electron chi connectivity index (χ4n) is 3.31. The van der Waals surface area contributed by atoms with Crippen molar-refractivity contribution < 1.29 is 23.6 Å². The van der Waals surface area contributed by atoms with E-state index in [2.05, 4.69) is 9.97 Å². The van der Waals surface area contributed by atoms with Crippen LogP contribution in [0.25, 0.3) is 11.0 Å². The van der Waals surface area contributed by atoms with E-state index in [1.165, 1.54) is 17.0 Å². The zero-order chi connectivity index (χ0) is 18.4. The van der Waals surface area contributed by atoms with Crippen LogP contribution in [0.1, 0.15) is 24.7 Å². The van der Waals surface area contributed by atoms with Crippen LogP contribution >= 0.6 is 0 Å². The number of halogens is 1. The van der Waals surface area contributed by atoms with Gasteiger partial charge in [-0.15, -0.1) is 0 Å². The topological polar surface area (TPSA) is 115 Å². The van der Waals surface area contributed by atoms with Crippen LogP contribution in [0.3, 0.4) is 0 Å². The van der Waals surface area contributed by atoms with E-state index in [1.807, 2.05) is 5.32 Å². The summed E-state index contributed by atoms with van der Waals surface area (Å²) in [6.07, 6.45) is 1.37. The van der Waals surface area contributed by atoms with Crippen LogP contribution in [0.5, 0.6) is 0 Å². The number of H-pyrrole nitrogens is 1. The van der Waals surface area contributed by atoms with Gasteiger partial charge in [0, 0.05) is 6.54 Å². The number of benzene rings is 1. The number of rotatable bonds is 3. The summed E-state index contributed by atoms with van der Waals surface area (Å²) in [4.78, 5) is 56.6. The number of hydrogen-bond donors (Lipinski definition) is 2. The van der Waals surface area contributed by atoms with E-state index in [-0.39, 0.29) is 6.04 Å². The quantitative estimate of drug-likeness (QED) is 0.610. The molecule has 2 aliphatic heterocycles. The van der Waals surface area contributed by atoms with Crippen LogP contribution in [0, 0.1) is 5.82 Å². The van der Waals surface area contributed by atoms with E-state index in [4.69, 9.17) is 0 Å². The monoisotopic (exact) mass is 359 g/mol. The van der Waals surface area contributed by atoms with Crippen LogP contribution in [-0.2, 0) is 14.4 Å². The Bertz CT molecular complexity index is 955. The lowest BCUT2D eigenvalue weighted by atomic mass is 10.2. The van der Waals surface area contributed by atoms with Gasteiger partial charge in [-0.25, -0.2) is 19.1 Å². The van der Waals surface area contributed by atoms with Gasteiger partial charge < -0.3 is 9.88 Å². The molecule has 0 saturated carbocycles. The molecule has 2 saturated heterocycles. The van der Waals surface area contributed by atoms with Crippen LogP contribution < -0.4 is 5.32 Å². The first kappa shape index (κ1) is 16.2. The standard InChI is InChI=1S/C16H14FN5O4/c17-8-3-4-9-10(6-8)19-13(18-9)11-2-1-5-21(11)12(23)7-22-15(25)14(24)20-16(22)26/h3-4,6,11H,1-2,5,7H2,(H,18,19)(H,20,24,26). The number of fused-ring (bicyclic) bond motifs is 1. The van der Waals surface area contributed by atoms with E-state index in [9.17, 15) is 23.6 Å². The lowest BCUT2D eigenvalue weighted by molar-refractivity contribution is -0.143. The van der Waals surface area contributed by atoms with Crippen molar-refractivity contribution >= 4 is 34.8 Å². The summed E-state index contributed by atoms with van der Waals surface area (Å²) in [7, 11) is 0. The molecule has 10 heteroatoms. The third-order valence-corrected chi connectivity index (χ3v) is 4.55. The highest BCUT2D eigenvalue weighted by Crippen LogP contribution is 2.31. The first-order valence-electron chi connectivity index (χ1n) is 8.05. The molecule has 1 aromatic carbocycles. The number of hydrogen-bond acceptors (Lipinski definition) is 5. The smallest absolute Gasteiger partial charge is 0.332 e. The van der Waals surface area contributed by atoms with Gasteiger partial charge in [-0.1, -0.05) is 0 Å². The van der Waals surface area contributed by atoms with Crippen molar-refractivity contribution in [3.63, 3.8) is 0 Å². The molecule has 2 aliphatic rings. The summed E-state index contributed by atoms with van der Waals surface area (Å²) >= 11 is 0. The number of aromatic amines is 1. The normalized spacial score (nSPS) is 20.3. The number of amides is 5. The molecule has 2 N–H and O–H groups in total. The molecule has 134 valence electrons. The van der Waals surface area contributed by atoms with Crippen LogP contribution in [0.15, 0.2) is 18.2 Å². The molecule has 2 fully saturated rings. The molecule has 0 spiro atoms. The lowest BCUT2D eigenvalue weighted by Crippen LogP contribution is -2.43. The summed E-state index contributed by atoms with van der Waals surface area (Å²) in [6.45, 7) is -0.0751. The molecule has 3 heterocycles. The highest BCUT2D eigenvalue weighted by Gasteiger charge is 2.40. The molecule has 1 atom stereocenters. The number of nitrogens with one attached hydrogen (secondary N) is 2. The molecular formula is C16H14FN5O4. The van der Waals surface area contributed by atoms with Crippen LogP contribution in [-0.4, -0.2) is 56.6 Å². The van der Waals surface area contributed by atoms with Gasteiger partial charge in [0.25, 0.3) is 0 Å². The maximum atomic E-state index is 13.3. The number of nitrogens with zero attached hydrogens (tertiary/aromatic N) is 3. The molecule has 26 heavy (non-hydrogen) atoms. The van der Waals surface area contributed by atoms with Gasteiger partial charge in [-0.3, -0.25) is 19.7 Å². The van der Waals surface area contributed by atoms with Gasteiger partial charge in [0.2, 0.25) is 5.91 Å². The van der Waals surface area contributed by atoms with E-state index in [0.29, 0.717) is 34.7 Å². The van der Waals surface area contributed by atoms with E-state index in [1.54, 1.807) is 6.07 Å². The first-order chi connectivity index (χ1) is 12.4. The van der Waals surface area contributed by atoms with Crippen molar-refractivity contribution in [1.82, 2.24) is 25.1 Å². The van der Waals surface area contributed by atoms with Crippen LogP contribution in [0.2, 0.25) is 0 Å². The number of carbonyl (C=O) groups excluding carboxylic acids is 4. The number of aromatic nitrogens is 2. The number of likely N-dealkylation sites (tertiary alicyclic amines) is 1. The van der Waals surface area contributed by atoms with Crippen molar-refractivity contribution in [3.8, 4) is 0 Å². The second-order valence-corrected chi connectivity index (χ2v) is 6.18. The molecule has 1 unspecified atom stereocenters. The van der Waals surface area contributed by atoms with Crippen molar-refractivity contribution in [2.45, 2.75) is 18.9 Å².